The second-order valence-corrected chi connectivity index (χ2v) is 9.08. The van der Waals surface area contributed by atoms with Crippen LogP contribution in [0, 0.1) is 5.92 Å². The molecule has 8 heteroatoms. The third-order valence-corrected chi connectivity index (χ3v) is 6.71. The summed E-state index contributed by atoms with van der Waals surface area (Å²) < 4.78 is 18.4. The fourth-order valence-electron chi connectivity index (χ4n) is 4.17. The van der Waals surface area contributed by atoms with E-state index in [4.69, 9.17) is 19.3 Å². The van der Waals surface area contributed by atoms with Gasteiger partial charge in [-0.3, -0.25) is 4.79 Å². The molecule has 0 unspecified atom stereocenters. The molecule has 34 heavy (non-hydrogen) atoms. The zero-order chi connectivity index (χ0) is 24.5. The lowest BCUT2D eigenvalue weighted by molar-refractivity contribution is -0.136. The normalized spacial score (nSPS) is 12.8. The molecule has 2 heterocycles. The second-order valence-electron chi connectivity index (χ2n) is 8.30. The maximum Gasteiger partial charge on any atom is 0.303 e. The lowest BCUT2D eigenvalue weighted by Crippen LogP contribution is -2.19. The molecule has 0 fully saturated rings. The summed E-state index contributed by atoms with van der Waals surface area (Å²) in [5.74, 6) is 0.621. The summed E-state index contributed by atoms with van der Waals surface area (Å²) in [6.07, 6.45) is 6.47. The number of carbonyl (C=O) groups is 1. The first-order valence-corrected chi connectivity index (χ1v) is 12.2. The number of aliphatic carboxylic acids is 1. The first-order valence-electron chi connectivity index (χ1n) is 11.3. The quantitative estimate of drug-likeness (QED) is 0.334. The number of carboxylic acids is 1. The Morgan fingerprint density at radius 3 is 2.38 bits per heavy atom. The molecule has 0 spiro atoms. The molecule has 3 rings (SSSR count). The number of nitrogens with zero attached hydrogens (tertiary/aromatic N) is 1. The average molecular weight is 488 g/mol. The number of rotatable bonds is 14. The Labute approximate surface area is 204 Å². The highest BCUT2D eigenvalue weighted by Crippen LogP contribution is 2.41. The maximum absolute atomic E-state index is 11.4. The molecule has 2 atom stereocenters. The molecular weight excluding hydrogens is 454 g/mol. The van der Waals surface area contributed by atoms with E-state index in [2.05, 4.69) is 16.8 Å². The highest BCUT2D eigenvalue weighted by atomic mass is 32.1. The largest absolute Gasteiger partial charge is 0.493 e. The van der Waals surface area contributed by atoms with Gasteiger partial charge in [-0.2, -0.15) is 11.3 Å². The van der Waals surface area contributed by atoms with Crippen molar-refractivity contribution >= 4 is 17.3 Å². The van der Waals surface area contributed by atoms with Crippen molar-refractivity contribution in [1.82, 2.24) is 4.57 Å². The van der Waals surface area contributed by atoms with Crippen molar-refractivity contribution in [2.24, 2.45) is 5.92 Å². The molecule has 0 saturated carbocycles. The minimum atomic E-state index is -0.808. The summed E-state index contributed by atoms with van der Waals surface area (Å²) in [6.45, 7) is 0.606. The van der Waals surface area contributed by atoms with Crippen LogP contribution in [0.4, 0.5) is 0 Å². The van der Waals surface area contributed by atoms with Crippen LogP contribution in [0.15, 0.2) is 47.4 Å². The Morgan fingerprint density at radius 2 is 1.79 bits per heavy atom. The number of aromatic nitrogens is 1. The molecule has 0 amide bonds. The van der Waals surface area contributed by atoms with Gasteiger partial charge in [0.05, 0.1) is 27.4 Å². The molecular formula is C26H33NO6S. The summed E-state index contributed by atoms with van der Waals surface area (Å²) in [7, 11) is 4.67. The van der Waals surface area contributed by atoms with Gasteiger partial charge in [0.15, 0.2) is 11.5 Å². The molecule has 0 bridgehead atoms. The summed E-state index contributed by atoms with van der Waals surface area (Å²) in [4.78, 5) is 10.9. The molecule has 0 aliphatic heterocycles. The average Bonchev–Trinajstić information content (AvgIpc) is 3.52. The van der Waals surface area contributed by atoms with Crippen LogP contribution in [0.5, 0.6) is 17.2 Å². The van der Waals surface area contributed by atoms with Crippen LogP contribution < -0.4 is 14.2 Å². The van der Waals surface area contributed by atoms with Gasteiger partial charge in [0.25, 0.3) is 0 Å². The molecule has 0 saturated heterocycles. The lowest BCUT2D eigenvalue weighted by Gasteiger charge is -2.25. The van der Waals surface area contributed by atoms with E-state index < -0.39 is 12.1 Å². The van der Waals surface area contributed by atoms with E-state index in [0.717, 1.165) is 24.8 Å². The van der Waals surface area contributed by atoms with Crippen LogP contribution in [0.2, 0.25) is 0 Å². The van der Waals surface area contributed by atoms with Crippen molar-refractivity contribution in [2.75, 3.05) is 21.3 Å². The van der Waals surface area contributed by atoms with E-state index in [9.17, 15) is 9.90 Å². The third-order valence-electron chi connectivity index (χ3n) is 5.98. The lowest BCUT2D eigenvalue weighted by atomic mass is 9.90. The number of thiophene rings is 1. The molecule has 0 aliphatic rings. The van der Waals surface area contributed by atoms with Crippen LogP contribution in [-0.2, 0) is 24.2 Å². The van der Waals surface area contributed by atoms with Gasteiger partial charge in [0.2, 0.25) is 5.75 Å². The number of hydrogen-bond donors (Lipinski definition) is 2. The van der Waals surface area contributed by atoms with Gasteiger partial charge in [0.1, 0.15) is 0 Å². The van der Waals surface area contributed by atoms with Crippen molar-refractivity contribution in [1.29, 1.82) is 0 Å². The fraction of sp³-hybridized carbons (Fsp3) is 0.423. The van der Waals surface area contributed by atoms with Gasteiger partial charge in [0, 0.05) is 31.3 Å². The Kier molecular flexibility index (Phi) is 9.42. The highest BCUT2D eigenvalue weighted by molar-refractivity contribution is 7.07. The molecule has 2 aromatic heterocycles. The van der Waals surface area contributed by atoms with Gasteiger partial charge in [-0.1, -0.05) is 0 Å². The first-order chi connectivity index (χ1) is 16.4. The van der Waals surface area contributed by atoms with Crippen LogP contribution in [-0.4, -0.2) is 42.1 Å². The Balaban J connectivity index is 1.81. The standard InChI is InChI=1S/C26H33NO6S/c1-31-22-13-21(14-23(32-2)26(22)33-3)25(30)20(6-4-5-19-10-12-34-17-19)16-27-11-9-18(15-27)7-8-24(28)29/h9-15,17,20,25,30H,4-8,16H2,1-3H3,(H,28,29)/t20-,25-/m0/s1. The minimum absolute atomic E-state index is 0.0684. The number of aryl methyl sites for hydroxylation is 2. The van der Waals surface area contributed by atoms with Crippen molar-refractivity contribution in [3.63, 3.8) is 0 Å². The predicted octanol–water partition coefficient (Wildman–Crippen LogP) is 4.97. The molecule has 1 aromatic carbocycles. The van der Waals surface area contributed by atoms with E-state index in [1.807, 2.05) is 23.0 Å². The first kappa shape index (κ1) is 25.6. The molecule has 7 nitrogen and oxygen atoms in total. The van der Waals surface area contributed by atoms with Crippen molar-refractivity contribution in [3.05, 3.63) is 64.1 Å². The van der Waals surface area contributed by atoms with E-state index in [-0.39, 0.29) is 12.3 Å². The fourth-order valence-corrected chi connectivity index (χ4v) is 4.87. The van der Waals surface area contributed by atoms with Gasteiger partial charge in [-0.05, 0) is 77.4 Å². The number of methoxy groups -OCH3 is 3. The number of carboxylic acid groups (broad SMARTS) is 1. The van der Waals surface area contributed by atoms with E-state index in [1.165, 1.54) is 5.56 Å². The third kappa shape index (κ3) is 6.77. The van der Waals surface area contributed by atoms with Crippen LogP contribution in [0.1, 0.15) is 42.1 Å². The van der Waals surface area contributed by atoms with Crippen LogP contribution in [0.3, 0.4) is 0 Å². The molecule has 0 radical (unpaired) electrons. The number of aliphatic hydroxyl groups excluding tert-OH is 1. The molecule has 0 aliphatic carbocycles. The monoisotopic (exact) mass is 487 g/mol. The van der Waals surface area contributed by atoms with Crippen LogP contribution >= 0.6 is 11.3 Å². The molecule has 2 N–H and O–H groups in total. The van der Waals surface area contributed by atoms with E-state index in [1.54, 1.807) is 44.8 Å². The Morgan fingerprint density at radius 1 is 1.06 bits per heavy atom. The topological polar surface area (TPSA) is 90.2 Å². The van der Waals surface area contributed by atoms with E-state index >= 15 is 0 Å². The maximum atomic E-state index is 11.4. The number of benzene rings is 1. The molecule has 3 aromatic rings. The summed E-state index contributed by atoms with van der Waals surface area (Å²) in [6, 6.07) is 7.67. The Bertz CT molecular complexity index is 1020. The van der Waals surface area contributed by atoms with Gasteiger partial charge in [-0.25, -0.2) is 0 Å². The minimum Gasteiger partial charge on any atom is -0.493 e. The second kappa shape index (κ2) is 12.5. The van der Waals surface area contributed by atoms with Crippen molar-refractivity contribution < 1.29 is 29.2 Å². The van der Waals surface area contributed by atoms with Gasteiger partial charge < -0.3 is 29.0 Å². The van der Waals surface area contributed by atoms with Crippen molar-refractivity contribution in [3.8, 4) is 17.2 Å². The number of aliphatic hydroxyl groups is 1. The summed E-state index contributed by atoms with van der Waals surface area (Å²) in [5.41, 5.74) is 2.98. The number of ether oxygens (including phenoxy) is 3. The number of hydrogen-bond acceptors (Lipinski definition) is 6. The van der Waals surface area contributed by atoms with Crippen LogP contribution in [0.25, 0.3) is 0 Å². The van der Waals surface area contributed by atoms with Crippen molar-refractivity contribution in [2.45, 2.75) is 44.8 Å². The van der Waals surface area contributed by atoms with Gasteiger partial charge >= 0.3 is 5.97 Å². The molecule has 184 valence electrons. The smallest absolute Gasteiger partial charge is 0.303 e. The van der Waals surface area contributed by atoms with E-state index in [0.29, 0.717) is 35.8 Å². The zero-order valence-corrected chi connectivity index (χ0v) is 20.7. The SMILES string of the molecule is COc1cc([C@@H](O)[C@@H](CCCc2ccsc2)Cn2ccc(CCC(=O)O)c2)cc(OC)c1OC. The zero-order valence-electron chi connectivity index (χ0n) is 19.9. The van der Waals surface area contributed by atoms with Gasteiger partial charge in [-0.15, -0.1) is 0 Å². The predicted molar refractivity (Wildman–Crippen MR) is 132 cm³/mol. The summed E-state index contributed by atoms with van der Waals surface area (Å²) >= 11 is 1.69. The highest BCUT2D eigenvalue weighted by Gasteiger charge is 2.25. The summed E-state index contributed by atoms with van der Waals surface area (Å²) in [5, 5.41) is 24.6. The Hall–Kier alpha value is -2.97.